The Balaban J connectivity index is 1.06. The van der Waals surface area contributed by atoms with Crippen molar-refractivity contribution in [1.82, 2.24) is 14.7 Å². The van der Waals surface area contributed by atoms with Gasteiger partial charge in [-0.05, 0) is 54.1 Å². The van der Waals surface area contributed by atoms with Crippen LogP contribution in [0.2, 0.25) is 5.02 Å². The molecule has 3 aromatic carbocycles. The van der Waals surface area contributed by atoms with E-state index in [0.717, 1.165) is 66.1 Å². The molecule has 0 bridgehead atoms. The summed E-state index contributed by atoms with van der Waals surface area (Å²) < 4.78 is 0. The average Bonchev–Trinajstić information content (AvgIpc) is 2.88. The Hall–Kier alpha value is -2.80. The fourth-order valence-corrected chi connectivity index (χ4v) is 5.51. The molecule has 2 fully saturated rings. The van der Waals surface area contributed by atoms with Crippen LogP contribution in [0, 0.1) is 0 Å². The molecule has 0 aliphatic carbocycles. The molecule has 0 unspecified atom stereocenters. The first-order chi connectivity index (χ1) is 17.1. The Kier molecular flexibility index (Phi) is 7.42. The van der Waals surface area contributed by atoms with Crippen LogP contribution in [0.25, 0.3) is 0 Å². The predicted octanol–water partition coefficient (Wildman–Crippen LogP) is 4.91. The first kappa shape index (κ1) is 23.9. The van der Waals surface area contributed by atoms with E-state index in [2.05, 4.69) is 4.90 Å². The largest absolute Gasteiger partial charge is 0.336 e. The van der Waals surface area contributed by atoms with E-state index in [1.54, 1.807) is 11.8 Å². The Morgan fingerprint density at radius 3 is 2.00 bits per heavy atom. The lowest BCUT2D eigenvalue weighted by molar-refractivity contribution is 0.00853. The number of carbonyl (C=O) groups is 2. The molecule has 2 heterocycles. The van der Waals surface area contributed by atoms with Crippen molar-refractivity contribution in [3.8, 4) is 0 Å². The quantitative estimate of drug-likeness (QED) is 0.446. The number of amides is 2. The van der Waals surface area contributed by atoms with Crippen LogP contribution < -0.4 is 0 Å². The second kappa shape index (κ2) is 10.9. The molecule has 0 saturated carbocycles. The van der Waals surface area contributed by atoms with Crippen LogP contribution in [0.3, 0.4) is 0 Å². The van der Waals surface area contributed by atoms with Crippen LogP contribution >= 0.6 is 23.4 Å². The van der Waals surface area contributed by atoms with Crippen LogP contribution in [-0.4, -0.2) is 71.8 Å². The zero-order chi connectivity index (χ0) is 24.2. The van der Waals surface area contributed by atoms with Gasteiger partial charge in [-0.15, -0.1) is 11.8 Å². The number of halogens is 1. The van der Waals surface area contributed by atoms with Crippen molar-refractivity contribution in [2.45, 2.75) is 16.7 Å². The van der Waals surface area contributed by atoms with Gasteiger partial charge in [-0.3, -0.25) is 14.5 Å². The molecule has 5 rings (SSSR count). The maximum Gasteiger partial charge on any atom is 0.253 e. The molecule has 2 saturated heterocycles. The number of carbonyl (C=O) groups excluding carboxylic acids is 2. The molecule has 180 valence electrons. The molecule has 5 nitrogen and oxygen atoms in total. The van der Waals surface area contributed by atoms with E-state index in [1.807, 2.05) is 88.7 Å². The molecule has 35 heavy (non-hydrogen) atoms. The monoisotopic (exact) mass is 505 g/mol. The summed E-state index contributed by atoms with van der Waals surface area (Å²) in [5.41, 5.74) is 2.70. The smallest absolute Gasteiger partial charge is 0.253 e. The minimum atomic E-state index is 0.0911. The van der Waals surface area contributed by atoms with Gasteiger partial charge in [0.1, 0.15) is 0 Å². The van der Waals surface area contributed by atoms with Crippen molar-refractivity contribution in [1.29, 1.82) is 0 Å². The number of nitrogens with zero attached hydrogens (tertiary/aromatic N) is 3. The van der Waals surface area contributed by atoms with Gasteiger partial charge in [-0.25, -0.2) is 0 Å². The van der Waals surface area contributed by atoms with Crippen LogP contribution in [0.15, 0.2) is 83.8 Å². The van der Waals surface area contributed by atoms with Gasteiger partial charge >= 0.3 is 0 Å². The third kappa shape index (κ3) is 5.72. The van der Waals surface area contributed by atoms with Crippen molar-refractivity contribution in [2.75, 3.05) is 39.3 Å². The molecule has 3 aromatic rings. The van der Waals surface area contributed by atoms with E-state index in [-0.39, 0.29) is 11.8 Å². The Morgan fingerprint density at radius 2 is 1.34 bits per heavy atom. The average molecular weight is 506 g/mol. The lowest BCUT2D eigenvalue weighted by atomic mass is 10.0. The molecular weight excluding hydrogens is 478 g/mol. The van der Waals surface area contributed by atoms with Crippen LogP contribution in [0.1, 0.15) is 26.3 Å². The standard InChI is InChI=1S/C28H28ClN3O2S/c29-24-10-6-21(7-11-24)20-35-26-12-8-23(9-13-26)28(34)32-18-25(19-32)30-14-16-31(17-15-30)27(33)22-4-2-1-3-5-22/h1-13,25H,14-20H2. The van der Waals surface area contributed by atoms with Crippen molar-refractivity contribution in [2.24, 2.45) is 0 Å². The van der Waals surface area contributed by atoms with E-state index >= 15 is 0 Å². The lowest BCUT2D eigenvalue weighted by Crippen LogP contribution is -2.64. The maximum atomic E-state index is 12.9. The highest BCUT2D eigenvalue weighted by molar-refractivity contribution is 7.98. The fourth-order valence-electron chi connectivity index (χ4n) is 4.53. The number of piperazine rings is 1. The summed E-state index contributed by atoms with van der Waals surface area (Å²) in [6.07, 6.45) is 0. The maximum absolute atomic E-state index is 12.9. The zero-order valence-corrected chi connectivity index (χ0v) is 21.0. The van der Waals surface area contributed by atoms with Crippen LogP contribution in [0.5, 0.6) is 0 Å². The number of rotatable bonds is 6. The molecule has 0 radical (unpaired) electrons. The van der Waals surface area contributed by atoms with Gasteiger partial charge in [0.15, 0.2) is 0 Å². The number of thioether (sulfide) groups is 1. The summed E-state index contributed by atoms with van der Waals surface area (Å²) in [6.45, 7) is 4.66. The predicted molar refractivity (Wildman–Crippen MR) is 141 cm³/mol. The Morgan fingerprint density at radius 1 is 0.743 bits per heavy atom. The summed E-state index contributed by atoms with van der Waals surface area (Å²) in [4.78, 5) is 33.0. The third-order valence-electron chi connectivity index (χ3n) is 6.71. The molecule has 7 heteroatoms. The van der Waals surface area contributed by atoms with Crippen LogP contribution in [-0.2, 0) is 5.75 Å². The van der Waals surface area contributed by atoms with Crippen molar-refractivity contribution < 1.29 is 9.59 Å². The van der Waals surface area contributed by atoms with Gasteiger partial charge in [-0.1, -0.05) is 41.9 Å². The van der Waals surface area contributed by atoms with Gasteiger partial charge in [-0.2, -0.15) is 0 Å². The highest BCUT2D eigenvalue weighted by Crippen LogP contribution is 2.25. The molecule has 0 spiro atoms. The summed E-state index contributed by atoms with van der Waals surface area (Å²) in [5.74, 6) is 1.06. The van der Waals surface area contributed by atoms with E-state index in [0.29, 0.717) is 6.04 Å². The highest BCUT2D eigenvalue weighted by Gasteiger charge is 2.36. The van der Waals surface area contributed by atoms with E-state index < -0.39 is 0 Å². The van der Waals surface area contributed by atoms with E-state index in [1.165, 1.54) is 5.56 Å². The molecule has 0 N–H and O–H groups in total. The zero-order valence-electron chi connectivity index (χ0n) is 19.5. The third-order valence-corrected chi connectivity index (χ3v) is 8.04. The summed E-state index contributed by atoms with van der Waals surface area (Å²) in [6, 6.07) is 25.6. The van der Waals surface area contributed by atoms with Gasteiger partial charge in [0, 0.05) is 72.1 Å². The summed E-state index contributed by atoms with van der Waals surface area (Å²) in [7, 11) is 0. The molecule has 0 aromatic heterocycles. The Labute approximate surface area is 215 Å². The lowest BCUT2D eigenvalue weighted by Gasteiger charge is -2.48. The fraction of sp³-hybridized carbons (Fsp3) is 0.286. The molecule has 2 aliphatic rings. The van der Waals surface area contributed by atoms with Gasteiger partial charge in [0.2, 0.25) is 0 Å². The first-order valence-electron chi connectivity index (χ1n) is 11.9. The SMILES string of the molecule is O=C(c1ccccc1)N1CCN(C2CN(C(=O)c3ccc(SCc4ccc(Cl)cc4)cc3)C2)CC1. The van der Waals surface area contributed by atoms with E-state index in [4.69, 9.17) is 11.6 Å². The molecule has 0 atom stereocenters. The second-order valence-corrected chi connectivity index (χ2v) is 10.5. The number of hydrogen-bond donors (Lipinski definition) is 0. The van der Waals surface area contributed by atoms with E-state index in [9.17, 15) is 9.59 Å². The number of likely N-dealkylation sites (tertiary alicyclic amines) is 1. The summed E-state index contributed by atoms with van der Waals surface area (Å²) >= 11 is 7.70. The highest BCUT2D eigenvalue weighted by atomic mass is 35.5. The van der Waals surface area contributed by atoms with Gasteiger partial charge < -0.3 is 9.80 Å². The molecular formula is C28H28ClN3O2S. The molecule has 2 aliphatic heterocycles. The molecule has 2 amide bonds. The topological polar surface area (TPSA) is 43.9 Å². The van der Waals surface area contributed by atoms with Crippen molar-refractivity contribution >= 4 is 35.2 Å². The van der Waals surface area contributed by atoms with Crippen molar-refractivity contribution in [3.05, 3.63) is 101 Å². The second-order valence-electron chi connectivity index (χ2n) is 9.00. The minimum absolute atomic E-state index is 0.0911. The summed E-state index contributed by atoms with van der Waals surface area (Å²) in [5, 5.41) is 0.746. The minimum Gasteiger partial charge on any atom is -0.336 e. The number of hydrogen-bond acceptors (Lipinski definition) is 4. The first-order valence-corrected chi connectivity index (χ1v) is 13.3. The number of benzene rings is 3. The van der Waals surface area contributed by atoms with Crippen LogP contribution in [0.4, 0.5) is 0 Å². The van der Waals surface area contributed by atoms with Gasteiger partial charge in [0.25, 0.3) is 11.8 Å². The Bertz CT molecular complexity index is 1160. The van der Waals surface area contributed by atoms with Gasteiger partial charge in [0.05, 0.1) is 0 Å². The normalized spacial score (nSPS) is 16.7. The van der Waals surface area contributed by atoms with Crippen molar-refractivity contribution in [3.63, 3.8) is 0 Å².